The minimum atomic E-state index is -0.949. The number of carboxylic acid groups (broad SMARTS) is 1. The lowest BCUT2D eigenvalue weighted by atomic mass is 10.1. The van der Waals surface area contributed by atoms with Crippen LogP contribution in [-0.4, -0.2) is 28.6 Å². The van der Waals surface area contributed by atoms with Gasteiger partial charge in [0.25, 0.3) is 0 Å². The van der Waals surface area contributed by atoms with Gasteiger partial charge in [-0.15, -0.1) is 0 Å². The number of carbonyl (C=O) groups is 2. The summed E-state index contributed by atoms with van der Waals surface area (Å²) in [7, 11) is 0. The molecular formula is C21H24N2O3. The lowest BCUT2D eigenvalue weighted by Crippen LogP contribution is -2.41. The van der Waals surface area contributed by atoms with E-state index in [2.05, 4.69) is 24.4 Å². The molecule has 1 aliphatic rings. The highest BCUT2D eigenvalue weighted by Crippen LogP contribution is 2.35. The highest BCUT2D eigenvalue weighted by molar-refractivity contribution is 5.87. The summed E-state index contributed by atoms with van der Waals surface area (Å²) in [6.07, 6.45) is 2.87. The molecular weight excluding hydrogens is 328 g/mol. The Bertz CT molecular complexity index is 786. The van der Waals surface area contributed by atoms with Crippen LogP contribution in [0, 0.1) is 0 Å². The van der Waals surface area contributed by atoms with Gasteiger partial charge in [0.15, 0.2) is 0 Å². The predicted molar refractivity (Wildman–Crippen MR) is 100 cm³/mol. The zero-order valence-electron chi connectivity index (χ0n) is 14.9. The molecule has 26 heavy (non-hydrogen) atoms. The minimum Gasteiger partial charge on any atom is -0.478 e. The number of nitrogens with zero attached hydrogens (tertiary/aromatic N) is 1. The van der Waals surface area contributed by atoms with E-state index in [9.17, 15) is 9.59 Å². The highest BCUT2D eigenvalue weighted by atomic mass is 16.4. The molecule has 0 fully saturated rings. The van der Waals surface area contributed by atoms with Gasteiger partial charge in [-0.1, -0.05) is 43.3 Å². The first-order valence-electron chi connectivity index (χ1n) is 9.04. The van der Waals surface area contributed by atoms with E-state index in [1.165, 1.54) is 11.1 Å². The minimum absolute atomic E-state index is 0.0733. The van der Waals surface area contributed by atoms with E-state index < -0.39 is 5.97 Å². The topological polar surface area (TPSA) is 69.6 Å². The lowest BCUT2D eigenvalue weighted by Gasteiger charge is -2.29. The van der Waals surface area contributed by atoms with Gasteiger partial charge in [0.2, 0.25) is 0 Å². The van der Waals surface area contributed by atoms with Gasteiger partial charge < -0.3 is 15.3 Å². The Morgan fingerprint density at radius 2 is 1.88 bits per heavy atom. The SMILES string of the molecule is CCCN(C(=O)NCc1ccc(C(=O)O)cc1)C1CCc2ccccc21. The van der Waals surface area contributed by atoms with Crippen LogP contribution in [0.1, 0.15) is 52.9 Å². The third-order valence-corrected chi connectivity index (χ3v) is 4.85. The van der Waals surface area contributed by atoms with Gasteiger partial charge in [-0.2, -0.15) is 0 Å². The average molecular weight is 352 g/mol. The predicted octanol–water partition coefficient (Wildman–Crippen LogP) is 3.99. The number of fused-ring (bicyclic) bond motifs is 1. The molecule has 0 spiro atoms. The van der Waals surface area contributed by atoms with Crippen LogP contribution >= 0.6 is 0 Å². The van der Waals surface area contributed by atoms with Crippen molar-refractivity contribution < 1.29 is 14.7 Å². The van der Waals surface area contributed by atoms with Crippen molar-refractivity contribution in [2.24, 2.45) is 0 Å². The molecule has 0 saturated heterocycles. The smallest absolute Gasteiger partial charge is 0.335 e. The highest BCUT2D eigenvalue weighted by Gasteiger charge is 2.30. The molecule has 0 aliphatic heterocycles. The van der Waals surface area contributed by atoms with Gasteiger partial charge in [0.1, 0.15) is 0 Å². The van der Waals surface area contributed by atoms with E-state index in [0.717, 1.165) is 24.8 Å². The number of amides is 2. The van der Waals surface area contributed by atoms with Crippen molar-refractivity contribution >= 4 is 12.0 Å². The number of nitrogens with one attached hydrogen (secondary N) is 1. The summed E-state index contributed by atoms with van der Waals surface area (Å²) in [4.78, 5) is 25.6. The largest absolute Gasteiger partial charge is 0.478 e. The van der Waals surface area contributed by atoms with Gasteiger partial charge in [0.05, 0.1) is 11.6 Å². The number of carboxylic acids is 1. The molecule has 2 aromatic carbocycles. The van der Waals surface area contributed by atoms with Crippen molar-refractivity contribution in [2.75, 3.05) is 6.54 Å². The van der Waals surface area contributed by atoms with Crippen LogP contribution in [0.25, 0.3) is 0 Å². The molecule has 0 saturated carbocycles. The molecule has 2 amide bonds. The van der Waals surface area contributed by atoms with Crippen molar-refractivity contribution in [3.05, 3.63) is 70.8 Å². The Hall–Kier alpha value is -2.82. The number of benzene rings is 2. The normalized spacial score (nSPS) is 15.3. The van der Waals surface area contributed by atoms with Crippen LogP contribution in [0.5, 0.6) is 0 Å². The number of hydrogen-bond donors (Lipinski definition) is 2. The second-order valence-electron chi connectivity index (χ2n) is 6.61. The number of urea groups is 1. The molecule has 0 heterocycles. The van der Waals surface area contributed by atoms with Crippen molar-refractivity contribution in [1.82, 2.24) is 10.2 Å². The number of aryl methyl sites for hydroxylation is 1. The summed E-state index contributed by atoms with van der Waals surface area (Å²) in [6, 6.07) is 15.0. The van der Waals surface area contributed by atoms with Gasteiger partial charge in [-0.05, 0) is 48.1 Å². The maximum absolute atomic E-state index is 12.8. The zero-order chi connectivity index (χ0) is 18.5. The third-order valence-electron chi connectivity index (χ3n) is 4.85. The maximum atomic E-state index is 12.8. The fourth-order valence-electron chi connectivity index (χ4n) is 3.54. The summed E-state index contributed by atoms with van der Waals surface area (Å²) < 4.78 is 0. The zero-order valence-corrected chi connectivity index (χ0v) is 14.9. The summed E-state index contributed by atoms with van der Waals surface area (Å²) in [6.45, 7) is 3.17. The molecule has 5 heteroatoms. The average Bonchev–Trinajstić information content (AvgIpc) is 3.08. The standard InChI is InChI=1S/C21H24N2O3/c1-2-13-23(19-12-11-16-5-3-4-6-18(16)19)21(26)22-14-15-7-9-17(10-8-15)20(24)25/h3-10,19H,2,11-14H2,1H3,(H,22,26)(H,24,25). The van der Waals surface area contributed by atoms with E-state index in [1.807, 2.05) is 17.0 Å². The van der Waals surface area contributed by atoms with Crippen LogP contribution in [0.3, 0.4) is 0 Å². The molecule has 2 aromatic rings. The maximum Gasteiger partial charge on any atom is 0.335 e. The van der Waals surface area contributed by atoms with Gasteiger partial charge >= 0.3 is 12.0 Å². The Morgan fingerprint density at radius 3 is 2.58 bits per heavy atom. The third kappa shape index (κ3) is 3.87. The second kappa shape index (κ2) is 8.04. The number of carbonyl (C=O) groups excluding carboxylic acids is 1. The Kier molecular flexibility index (Phi) is 5.56. The van der Waals surface area contributed by atoms with Crippen LogP contribution in [0.2, 0.25) is 0 Å². The Labute approximate surface area is 153 Å². The fraction of sp³-hybridized carbons (Fsp3) is 0.333. The second-order valence-corrected chi connectivity index (χ2v) is 6.61. The van der Waals surface area contributed by atoms with E-state index in [4.69, 9.17) is 5.11 Å². The first-order valence-corrected chi connectivity index (χ1v) is 9.04. The summed E-state index contributed by atoms with van der Waals surface area (Å²) in [5, 5.41) is 11.9. The van der Waals surface area contributed by atoms with E-state index in [0.29, 0.717) is 13.1 Å². The van der Waals surface area contributed by atoms with Crippen LogP contribution in [-0.2, 0) is 13.0 Å². The van der Waals surface area contributed by atoms with Crippen molar-refractivity contribution in [2.45, 2.75) is 38.8 Å². The van der Waals surface area contributed by atoms with Crippen molar-refractivity contribution in [3.63, 3.8) is 0 Å². The number of aromatic carboxylic acids is 1. The van der Waals surface area contributed by atoms with Crippen molar-refractivity contribution in [3.8, 4) is 0 Å². The summed E-state index contributed by atoms with van der Waals surface area (Å²) in [5.74, 6) is -0.949. The fourth-order valence-corrected chi connectivity index (χ4v) is 3.54. The molecule has 3 rings (SSSR count). The Morgan fingerprint density at radius 1 is 1.15 bits per heavy atom. The molecule has 2 N–H and O–H groups in total. The molecule has 5 nitrogen and oxygen atoms in total. The van der Waals surface area contributed by atoms with Crippen LogP contribution in [0.4, 0.5) is 4.79 Å². The first-order chi connectivity index (χ1) is 12.6. The molecule has 0 radical (unpaired) electrons. The van der Waals surface area contributed by atoms with E-state index >= 15 is 0 Å². The molecule has 0 aromatic heterocycles. The molecule has 136 valence electrons. The number of hydrogen-bond acceptors (Lipinski definition) is 2. The summed E-state index contributed by atoms with van der Waals surface area (Å²) in [5.41, 5.74) is 3.71. The van der Waals surface area contributed by atoms with E-state index in [-0.39, 0.29) is 17.6 Å². The Balaban J connectivity index is 1.67. The molecule has 1 atom stereocenters. The van der Waals surface area contributed by atoms with E-state index in [1.54, 1.807) is 24.3 Å². The van der Waals surface area contributed by atoms with Crippen LogP contribution < -0.4 is 5.32 Å². The molecule has 1 aliphatic carbocycles. The lowest BCUT2D eigenvalue weighted by molar-refractivity contribution is 0.0697. The number of rotatable bonds is 6. The van der Waals surface area contributed by atoms with Gasteiger partial charge in [-0.25, -0.2) is 9.59 Å². The van der Waals surface area contributed by atoms with Crippen molar-refractivity contribution in [1.29, 1.82) is 0 Å². The van der Waals surface area contributed by atoms with Gasteiger partial charge in [-0.3, -0.25) is 0 Å². The van der Waals surface area contributed by atoms with Crippen LogP contribution in [0.15, 0.2) is 48.5 Å². The monoisotopic (exact) mass is 352 g/mol. The molecule has 0 bridgehead atoms. The summed E-state index contributed by atoms with van der Waals surface area (Å²) >= 11 is 0. The quantitative estimate of drug-likeness (QED) is 0.826. The molecule has 1 unspecified atom stereocenters. The van der Waals surface area contributed by atoms with Gasteiger partial charge in [0, 0.05) is 13.1 Å². The first kappa shape index (κ1) is 18.0.